The van der Waals surface area contributed by atoms with E-state index in [2.05, 4.69) is 15.2 Å². The molecular weight excluding hydrogens is 185 g/mol. The van der Waals surface area contributed by atoms with Crippen molar-refractivity contribution in [2.75, 3.05) is 0 Å². The van der Waals surface area contributed by atoms with Crippen LogP contribution < -0.4 is 0 Å². The van der Waals surface area contributed by atoms with Gasteiger partial charge < -0.3 is 0 Å². The molecule has 0 fully saturated rings. The Morgan fingerprint density at radius 2 is 1.78 bits per heavy atom. The Hall–Kier alpha value is 0.360. The Labute approximate surface area is 66.0 Å². The maximum atomic E-state index is 8.88. The quantitative estimate of drug-likeness (QED) is 0.362. The first-order chi connectivity index (χ1) is 4.00. The molecule has 3 nitrogen and oxygen atoms in total. The Balaban J connectivity index is 0. The summed E-state index contributed by atoms with van der Waals surface area (Å²) < 4.78 is 19.4. The predicted molar refractivity (Wildman–Crippen MR) is 41.3 cm³/mol. The molecule has 0 radical (unpaired) electrons. The molecule has 1 N–H and O–H groups in total. The molecule has 0 aromatic heterocycles. The van der Waals surface area contributed by atoms with Gasteiger partial charge in [-0.1, -0.05) is 0 Å². The molecular formula is C3H7Cl2NO2S. The molecule has 0 amide bonds. The van der Waals surface area contributed by atoms with Gasteiger partial charge in [0.1, 0.15) is 0 Å². The van der Waals surface area contributed by atoms with Crippen LogP contribution in [0.2, 0.25) is 0 Å². The van der Waals surface area contributed by atoms with Crippen LogP contribution in [0.5, 0.6) is 0 Å². The van der Waals surface area contributed by atoms with Crippen LogP contribution in [-0.4, -0.2) is 14.5 Å². The molecule has 0 aliphatic carbocycles. The first-order valence-electron chi connectivity index (χ1n) is 1.90. The summed E-state index contributed by atoms with van der Waals surface area (Å²) in [5.74, 6) is 0. The number of hydrogen-bond acceptors (Lipinski definition) is 2. The van der Waals surface area contributed by atoms with Crippen LogP contribution in [0, 0.1) is 0 Å². The maximum Gasteiger partial charge on any atom is 0.253 e. The van der Waals surface area contributed by atoms with E-state index in [4.69, 9.17) is 20.5 Å². The lowest BCUT2D eigenvalue weighted by atomic mass is 10.5. The van der Waals surface area contributed by atoms with Crippen LogP contribution in [0.4, 0.5) is 0 Å². The van der Waals surface area contributed by atoms with E-state index in [1.807, 2.05) is 13.8 Å². The lowest BCUT2D eigenvalue weighted by Crippen LogP contribution is -1.70. The van der Waals surface area contributed by atoms with Crippen molar-refractivity contribution in [1.29, 1.82) is 0 Å². The summed E-state index contributed by atoms with van der Waals surface area (Å²) in [6, 6.07) is 0. The third kappa shape index (κ3) is 60.7. The molecule has 0 aromatic carbocycles. The molecule has 0 spiro atoms. The summed E-state index contributed by atoms with van der Waals surface area (Å²) in [4.78, 5) is 0. The van der Waals surface area contributed by atoms with Gasteiger partial charge in [-0.25, -0.2) is 4.21 Å². The Morgan fingerprint density at radius 3 is 1.78 bits per heavy atom. The highest BCUT2D eigenvalue weighted by Gasteiger charge is 1.65. The van der Waals surface area contributed by atoms with Gasteiger partial charge in [0, 0.05) is 28.2 Å². The molecule has 6 heteroatoms. The second-order valence-corrected chi connectivity index (χ2v) is 2.61. The van der Waals surface area contributed by atoms with Crippen LogP contribution in [0.15, 0.2) is 4.51 Å². The normalized spacial score (nSPS) is 10.8. The molecule has 1 unspecified atom stereocenters. The average molecular weight is 192 g/mol. The minimum atomic E-state index is -2.14. The van der Waals surface area contributed by atoms with E-state index in [9.17, 15) is 0 Å². The van der Waals surface area contributed by atoms with Gasteiger partial charge in [-0.05, 0) is 13.8 Å². The van der Waals surface area contributed by atoms with Crippen molar-refractivity contribution in [2.45, 2.75) is 13.8 Å². The lowest BCUT2D eigenvalue weighted by molar-refractivity contribution is 0.580. The summed E-state index contributed by atoms with van der Waals surface area (Å²) in [6.07, 6.45) is 0. The highest BCUT2D eigenvalue weighted by atomic mass is 35.7. The lowest BCUT2D eigenvalue weighted by Gasteiger charge is -1.70. The van der Waals surface area contributed by atoms with Crippen LogP contribution in [0.3, 0.4) is 0 Å². The topological polar surface area (TPSA) is 49.7 Å². The summed E-state index contributed by atoms with van der Waals surface area (Å²) in [5, 5.41) is 0. The molecule has 56 valence electrons. The molecule has 0 heterocycles. The number of rotatable bonds is 0. The van der Waals surface area contributed by atoms with Gasteiger partial charge in [0.2, 0.25) is 0 Å². The fourth-order valence-electron chi connectivity index (χ4n) is 0. The molecule has 9 heavy (non-hydrogen) atoms. The minimum Gasteiger partial charge on any atom is -0.294 e. The molecule has 0 aromatic rings. The minimum absolute atomic E-state index is 0.895. The smallest absolute Gasteiger partial charge is 0.253 e. The zero-order valence-corrected chi connectivity index (χ0v) is 7.30. The Bertz CT molecular complexity index is 108. The fourth-order valence-corrected chi connectivity index (χ4v) is 0. The van der Waals surface area contributed by atoms with Crippen molar-refractivity contribution in [3.05, 3.63) is 0 Å². The average Bonchev–Trinajstić information content (AvgIpc) is 1.65. The first-order valence-corrected chi connectivity index (χ1v) is 4.17. The van der Waals surface area contributed by atoms with Gasteiger partial charge in [-0.15, -0.1) is 0 Å². The van der Waals surface area contributed by atoms with E-state index in [1.54, 1.807) is 0 Å². The number of hydrogen-bond donors (Lipinski definition) is 1. The number of halogens is 2. The van der Waals surface area contributed by atoms with Crippen LogP contribution >= 0.6 is 22.5 Å². The molecule has 1 atom stereocenters. The van der Waals surface area contributed by atoms with Crippen LogP contribution in [-0.2, 0) is 10.3 Å². The third-order valence-corrected chi connectivity index (χ3v) is 0.507. The van der Waals surface area contributed by atoms with E-state index >= 15 is 0 Å². The molecule has 0 aliphatic rings. The van der Waals surface area contributed by atoms with E-state index in [-0.39, 0.29) is 0 Å². The van der Waals surface area contributed by atoms with Gasteiger partial charge in [0.15, 0.2) is 0 Å². The zero-order chi connectivity index (χ0) is 7.86. The van der Waals surface area contributed by atoms with Crippen molar-refractivity contribution >= 4 is 38.5 Å². The number of nitrogens with zero attached hydrogens (tertiary/aromatic N) is 1. The highest BCUT2D eigenvalue weighted by molar-refractivity contribution is 8.03. The fraction of sp³-hybridized carbons (Fsp3) is 0.667. The molecule has 0 aliphatic heterocycles. The van der Waals surface area contributed by atoms with Crippen molar-refractivity contribution in [1.82, 2.24) is 0 Å². The maximum absolute atomic E-state index is 8.88. The van der Waals surface area contributed by atoms with Crippen LogP contribution in [0.25, 0.3) is 0 Å². The predicted octanol–water partition coefficient (Wildman–Crippen LogP) is 1.98. The Kier molecular flexibility index (Phi) is 11.2. The van der Waals surface area contributed by atoms with E-state index in [0.717, 1.165) is 5.71 Å². The van der Waals surface area contributed by atoms with Gasteiger partial charge >= 0.3 is 0 Å². The van der Waals surface area contributed by atoms with E-state index in [1.165, 1.54) is 0 Å². The third-order valence-electron chi connectivity index (χ3n) is 0.169. The van der Waals surface area contributed by atoms with Crippen molar-refractivity contribution in [3.63, 3.8) is 0 Å². The first kappa shape index (κ1) is 12.1. The standard InChI is InChI=1S/C3H6ClN.ClHO2S/c1-3(2)5-4;1-4(2)3/h1-2H3;(H,2,3). The monoisotopic (exact) mass is 191 g/mol. The molecule has 0 rings (SSSR count). The van der Waals surface area contributed by atoms with Gasteiger partial charge in [0.05, 0.1) is 0 Å². The SMILES string of the molecule is CC(C)=NCl.O=S(O)Cl. The van der Waals surface area contributed by atoms with Crippen molar-refractivity contribution in [2.24, 2.45) is 4.51 Å². The van der Waals surface area contributed by atoms with Gasteiger partial charge in [-0.2, -0.15) is 4.51 Å². The van der Waals surface area contributed by atoms with E-state index in [0.29, 0.717) is 0 Å². The summed E-state index contributed by atoms with van der Waals surface area (Å²) >= 11 is 4.92. The largest absolute Gasteiger partial charge is 0.294 e. The summed E-state index contributed by atoms with van der Waals surface area (Å²) in [7, 11) is 2.16. The highest BCUT2D eigenvalue weighted by Crippen LogP contribution is 1.76. The second-order valence-electron chi connectivity index (χ2n) is 1.24. The molecule has 0 saturated heterocycles. The second kappa shape index (κ2) is 8.36. The summed E-state index contributed by atoms with van der Waals surface area (Å²) in [6.45, 7) is 3.68. The van der Waals surface area contributed by atoms with Crippen molar-refractivity contribution in [3.8, 4) is 0 Å². The van der Waals surface area contributed by atoms with Crippen molar-refractivity contribution < 1.29 is 8.76 Å². The molecule has 0 saturated carbocycles. The van der Waals surface area contributed by atoms with E-state index < -0.39 is 10.3 Å². The Morgan fingerprint density at radius 1 is 1.67 bits per heavy atom. The zero-order valence-electron chi connectivity index (χ0n) is 4.97. The summed E-state index contributed by atoms with van der Waals surface area (Å²) in [5.41, 5.74) is 0.895. The van der Waals surface area contributed by atoms with Gasteiger partial charge in [0.25, 0.3) is 10.3 Å². The van der Waals surface area contributed by atoms with Crippen LogP contribution in [0.1, 0.15) is 13.8 Å². The van der Waals surface area contributed by atoms with Gasteiger partial charge in [-0.3, -0.25) is 4.55 Å². The molecule has 0 bridgehead atoms.